The summed E-state index contributed by atoms with van der Waals surface area (Å²) in [7, 11) is 0. The molecule has 0 saturated carbocycles. The van der Waals surface area contributed by atoms with Crippen molar-refractivity contribution in [3.63, 3.8) is 0 Å². The van der Waals surface area contributed by atoms with Crippen LogP contribution < -0.4 is 0 Å². The van der Waals surface area contributed by atoms with E-state index in [0.717, 1.165) is 22.3 Å². The quantitative estimate of drug-likeness (QED) is 0.0348. The van der Waals surface area contributed by atoms with Crippen LogP contribution in [0.4, 0.5) is 5.69 Å². The van der Waals surface area contributed by atoms with Gasteiger partial charge in [-0.2, -0.15) is 0 Å². The van der Waals surface area contributed by atoms with Gasteiger partial charge in [0.25, 0.3) is 5.69 Å². The van der Waals surface area contributed by atoms with Gasteiger partial charge in [-0.3, -0.25) is 10.1 Å². The van der Waals surface area contributed by atoms with Crippen molar-refractivity contribution in [2.75, 3.05) is 6.61 Å². The molecule has 0 unspecified atom stereocenters. The zero-order valence-electron chi connectivity index (χ0n) is 28.2. The van der Waals surface area contributed by atoms with E-state index in [0.29, 0.717) is 0 Å². The summed E-state index contributed by atoms with van der Waals surface area (Å²) in [6.45, 7) is 4.94. The van der Waals surface area contributed by atoms with Crippen molar-refractivity contribution < 1.29 is 33.4 Å². The Morgan fingerprint density at radius 3 is 1.49 bits per heavy atom. The van der Waals surface area contributed by atoms with Crippen molar-refractivity contribution in [2.45, 2.75) is 50.8 Å². The summed E-state index contributed by atoms with van der Waals surface area (Å²) >= 11 is 0. The number of nitrogens with zero attached hydrogens (tertiary/aromatic N) is 1. The predicted octanol–water partition coefficient (Wildman–Crippen LogP) is 8.28. The van der Waals surface area contributed by atoms with Crippen LogP contribution in [0.15, 0.2) is 158 Å². The van der Waals surface area contributed by atoms with E-state index in [9.17, 15) is 14.9 Å². The first-order valence-corrected chi connectivity index (χ1v) is 16.7. The molecule has 5 aromatic rings. The molecule has 0 radical (unpaired) electrons. The number of nitro benzene ring substituents is 1. The first-order valence-electron chi connectivity index (χ1n) is 16.7. The SMILES string of the molecule is C=C[C@@H](OCc1ccccc1)[C@@H](OCc1ccccc1)[C@H](OCc1ccccc1)[C@H](COCc1ccccc1)OC(=O)c1ccc([N+](=O)[O-])cc1. The molecule has 0 aliphatic heterocycles. The Kier molecular flexibility index (Phi) is 14.2. The molecule has 0 aromatic heterocycles. The van der Waals surface area contributed by atoms with Crippen LogP contribution >= 0.6 is 0 Å². The van der Waals surface area contributed by atoms with E-state index in [-0.39, 0.29) is 44.3 Å². The van der Waals surface area contributed by atoms with Crippen molar-refractivity contribution in [2.24, 2.45) is 0 Å². The maximum absolute atomic E-state index is 13.7. The number of benzene rings is 5. The topological polar surface area (TPSA) is 106 Å². The smallest absolute Gasteiger partial charge is 0.338 e. The van der Waals surface area contributed by atoms with Gasteiger partial charge < -0.3 is 23.7 Å². The minimum Gasteiger partial charge on any atom is -0.453 e. The lowest BCUT2D eigenvalue weighted by Crippen LogP contribution is -2.51. The van der Waals surface area contributed by atoms with E-state index in [4.69, 9.17) is 23.7 Å². The molecular formula is C42H41NO8. The maximum Gasteiger partial charge on any atom is 0.338 e. The highest BCUT2D eigenvalue weighted by Crippen LogP contribution is 2.25. The molecule has 9 heteroatoms. The Morgan fingerprint density at radius 2 is 1.04 bits per heavy atom. The second kappa shape index (κ2) is 19.7. The van der Waals surface area contributed by atoms with Crippen LogP contribution in [0.3, 0.4) is 0 Å². The molecule has 4 atom stereocenters. The van der Waals surface area contributed by atoms with Gasteiger partial charge in [0.05, 0.1) is 43.5 Å². The van der Waals surface area contributed by atoms with Gasteiger partial charge in [-0.1, -0.05) is 127 Å². The lowest BCUT2D eigenvalue weighted by molar-refractivity contribution is -0.384. The zero-order chi connectivity index (χ0) is 35.7. The number of ether oxygens (including phenoxy) is 5. The average molecular weight is 688 g/mol. The summed E-state index contributed by atoms with van der Waals surface area (Å²) in [6, 6.07) is 44.0. The van der Waals surface area contributed by atoms with Crippen LogP contribution in [0.2, 0.25) is 0 Å². The number of non-ortho nitro benzene ring substituents is 1. The lowest BCUT2D eigenvalue weighted by Gasteiger charge is -2.36. The van der Waals surface area contributed by atoms with Crippen LogP contribution in [-0.2, 0) is 50.1 Å². The fourth-order valence-electron chi connectivity index (χ4n) is 5.38. The van der Waals surface area contributed by atoms with Crippen molar-refractivity contribution in [1.29, 1.82) is 0 Å². The van der Waals surface area contributed by atoms with Crippen LogP contribution in [-0.4, -0.2) is 41.9 Å². The summed E-state index contributed by atoms with van der Waals surface area (Å²) in [5.74, 6) is -0.700. The number of carbonyl (C=O) groups excluding carboxylic acids is 1. The number of esters is 1. The maximum atomic E-state index is 13.7. The van der Waals surface area contributed by atoms with E-state index >= 15 is 0 Å². The van der Waals surface area contributed by atoms with Gasteiger partial charge in [0.1, 0.15) is 18.3 Å². The molecule has 0 bridgehead atoms. The van der Waals surface area contributed by atoms with Crippen LogP contribution in [0.25, 0.3) is 0 Å². The molecule has 0 heterocycles. The van der Waals surface area contributed by atoms with Crippen molar-refractivity contribution in [3.05, 3.63) is 196 Å². The highest BCUT2D eigenvalue weighted by molar-refractivity contribution is 5.89. The highest BCUT2D eigenvalue weighted by Gasteiger charge is 2.39. The monoisotopic (exact) mass is 687 g/mol. The number of carbonyl (C=O) groups is 1. The van der Waals surface area contributed by atoms with Crippen LogP contribution in [0.1, 0.15) is 32.6 Å². The molecule has 0 amide bonds. The Morgan fingerprint density at radius 1 is 0.608 bits per heavy atom. The summed E-state index contributed by atoms with van der Waals surface area (Å²) in [5, 5.41) is 11.3. The van der Waals surface area contributed by atoms with Gasteiger partial charge in [-0.25, -0.2) is 4.79 Å². The minimum atomic E-state index is -1.01. The third-order valence-electron chi connectivity index (χ3n) is 8.07. The fourth-order valence-corrected chi connectivity index (χ4v) is 5.38. The second-order valence-corrected chi connectivity index (χ2v) is 11.8. The van der Waals surface area contributed by atoms with Gasteiger partial charge in [0.2, 0.25) is 0 Å². The summed E-state index contributed by atoms with van der Waals surface area (Å²) in [4.78, 5) is 24.5. The molecule has 0 aliphatic carbocycles. The Bertz CT molecular complexity index is 1770. The third-order valence-corrected chi connectivity index (χ3v) is 8.07. The first-order chi connectivity index (χ1) is 25.0. The van der Waals surface area contributed by atoms with Crippen molar-refractivity contribution in [1.82, 2.24) is 0 Å². The molecule has 0 saturated heterocycles. The average Bonchev–Trinajstić information content (AvgIpc) is 3.18. The van der Waals surface area contributed by atoms with Gasteiger partial charge in [-0.05, 0) is 34.4 Å². The fraction of sp³-hybridized carbons (Fsp3) is 0.214. The largest absolute Gasteiger partial charge is 0.453 e. The molecule has 51 heavy (non-hydrogen) atoms. The second-order valence-electron chi connectivity index (χ2n) is 11.8. The Hall–Kier alpha value is -5.45. The normalized spacial score (nSPS) is 13.4. The predicted molar refractivity (Wildman–Crippen MR) is 194 cm³/mol. The molecule has 0 aliphatic rings. The minimum absolute atomic E-state index is 0.0547. The molecule has 0 spiro atoms. The molecule has 9 nitrogen and oxygen atoms in total. The number of hydrogen-bond acceptors (Lipinski definition) is 8. The van der Waals surface area contributed by atoms with Crippen molar-refractivity contribution >= 4 is 11.7 Å². The van der Waals surface area contributed by atoms with E-state index in [1.807, 2.05) is 121 Å². The van der Waals surface area contributed by atoms with E-state index in [1.54, 1.807) is 6.08 Å². The molecule has 5 rings (SSSR count). The molecule has 0 fully saturated rings. The van der Waals surface area contributed by atoms with Crippen LogP contribution in [0.5, 0.6) is 0 Å². The van der Waals surface area contributed by atoms with E-state index < -0.39 is 35.3 Å². The third kappa shape index (κ3) is 11.6. The molecule has 262 valence electrons. The number of hydrogen-bond donors (Lipinski definition) is 0. The number of nitro groups is 1. The van der Waals surface area contributed by atoms with Gasteiger partial charge in [-0.15, -0.1) is 6.58 Å². The standard InChI is InChI=1S/C42H41NO8/c1-2-38(48-28-33-17-9-4-10-18-33)40(49-29-34-19-11-5-12-20-34)41(50-30-35-21-13-6-14-22-35)39(31-47-27-32-15-7-3-8-16-32)51-42(44)36-23-25-37(26-24-36)43(45)46/h2-26,38-41H,1,27-31H2/t38-,39+,40-,41-/m1/s1. The Balaban J connectivity index is 1.49. The zero-order valence-corrected chi connectivity index (χ0v) is 28.2. The van der Waals surface area contributed by atoms with E-state index in [1.165, 1.54) is 24.3 Å². The van der Waals surface area contributed by atoms with Gasteiger partial charge >= 0.3 is 5.97 Å². The summed E-state index contributed by atoms with van der Waals surface area (Å²) in [6.07, 6.45) is -1.80. The number of rotatable bonds is 20. The molecule has 0 N–H and O–H groups in total. The Labute approximate surface area is 298 Å². The first kappa shape index (κ1) is 36.8. The van der Waals surface area contributed by atoms with Gasteiger partial charge in [0, 0.05) is 12.1 Å². The summed E-state index contributed by atoms with van der Waals surface area (Å²) in [5.41, 5.74) is 3.71. The molecule has 5 aromatic carbocycles. The lowest BCUT2D eigenvalue weighted by atomic mass is 10.0. The van der Waals surface area contributed by atoms with Crippen molar-refractivity contribution in [3.8, 4) is 0 Å². The van der Waals surface area contributed by atoms with Gasteiger partial charge in [0.15, 0.2) is 6.10 Å². The highest BCUT2D eigenvalue weighted by atomic mass is 16.6. The van der Waals surface area contributed by atoms with E-state index in [2.05, 4.69) is 6.58 Å². The summed E-state index contributed by atoms with van der Waals surface area (Å²) < 4.78 is 32.1. The van der Waals surface area contributed by atoms with Crippen LogP contribution in [0, 0.1) is 10.1 Å². The molecular weight excluding hydrogens is 646 g/mol.